The van der Waals surface area contributed by atoms with Gasteiger partial charge in [-0.25, -0.2) is 0 Å². The second kappa shape index (κ2) is 5.41. The summed E-state index contributed by atoms with van der Waals surface area (Å²) in [5.41, 5.74) is 8.49. The van der Waals surface area contributed by atoms with Gasteiger partial charge in [0, 0.05) is 17.6 Å². The molecule has 4 heteroatoms. The number of hydrogen-bond acceptors (Lipinski definition) is 2. The number of nitrogens with two attached hydrogens (primary N) is 1. The van der Waals surface area contributed by atoms with Crippen LogP contribution in [0.4, 0.5) is 0 Å². The van der Waals surface area contributed by atoms with Gasteiger partial charge in [0.25, 0.3) is 0 Å². The average molecular weight is 311 g/mol. The molecule has 0 aromatic heterocycles. The minimum absolute atomic E-state index is 0.0615. The summed E-state index contributed by atoms with van der Waals surface area (Å²) in [6, 6.07) is 5.80. The Morgan fingerprint density at radius 3 is 2.83 bits per heavy atom. The van der Waals surface area contributed by atoms with Crippen molar-refractivity contribution in [3.8, 4) is 0 Å². The highest BCUT2D eigenvalue weighted by molar-refractivity contribution is 9.10. The van der Waals surface area contributed by atoms with E-state index < -0.39 is 6.04 Å². The summed E-state index contributed by atoms with van der Waals surface area (Å²) in [5, 5.41) is 0. The lowest BCUT2D eigenvalue weighted by Crippen LogP contribution is -2.48. The van der Waals surface area contributed by atoms with Crippen molar-refractivity contribution in [2.45, 2.75) is 32.9 Å². The number of hydrogen-bond donors (Lipinski definition) is 1. The lowest BCUT2D eigenvalue weighted by atomic mass is 9.97. The van der Waals surface area contributed by atoms with E-state index in [1.54, 1.807) is 0 Å². The molecule has 2 N–H and O–H groups in total. The molecule has 0 fully saturated rings. The first-order valence-corrected chi connectivity index (χ1v) is 7.10. The Labute approximate surface area is 116 Å². The van der Waals surface area contributed by atoms with Crippen LogP contribution in [0.25, 0.3) is 0 Å². The molecule has 0 saturated carbocycles. The third-order valence-electron chi connectivity index (χ3n) is 3.53. The van der Waals surface area contributed by atoms with Gasteiger partial charge in [-0.1, -0.05) is 41.9 Å². The quantitative estimate of drug-likeness (QED) is 0.911. The molecule has 1 aromatic carbocycles. The fourth-order valence-corrected chi connectivity index (χ4v) is 2.76. The SMILES string of the molecule is CC(C)[C@H](N)C(=O)N1CCc2cccc(Br)c2C1. The highest BCUT2D eigenvalue weighted by Crippen LogP contribution is 2.26. The summed E-state index contributed by atoms with van der Waals surface area (Å²) in [5.74, 6) is 0.240. The van der Waals surface area contributed by atoms with E-state index in [1.807, 2.05) is 30.9 Å². The standard InChI is InChI=1S/C14H19BrN2O/c1-9(2)13(16)14(18)17-7-6-10-4-3-5-12(15)11(10)8-17/h3-5,9,13H,6-8,16H2,1-2H3/t13-/m0/s1. The van der Waals surface area contributed by atoms with Crippen LogP contribution >= 0.6 is 15.9 Å². The van der Waals surface area contributed by atoms with E-state index in [9.17, 15) is 4.79 Å². The number of halogens is 1. The molecule has 1 aromatic rings. The first-order valence-electron chi connectivity index (χ1n) is 6.31. The Morgan fingerprint density at radius 1 is 1.44 bits per heavy atom. The van der Waals surface area contributed by atoms with Crippen LogP contribution in [0.15, 0.2) is 22.7 Å². The Kier molecular flexibility index (Phi) is 4.07. The number of benzene rings is 1. The predicted octanol–water partition coefficient (Wildman–Crippen LogP) is 2.32. The molecule has 0 bridgehead atoms. The zero-order valence-corrected chi connectivity index (χ0v) is 12.4. The Hall–Kier alpha value is -0.870. The summed E-state index contributed by atoms with van der Waals surface area (Å²) in [4.78, 5) is 14.1. The van der Waals surface area contributed by atoms with E-state index >= 15 is 0 Å². The van der Waals surface area contributed by atoms with E-state index in [1.165, 1.54) is 11.1 Å². The van der Waals surface area contributed by atoms with Crippen molar-refractivity contribution >= 4 is 21.8 Å². The maximum Gasteiger partial charge on any atom is 0.240 e. The van der Waals surface area contributed by atoms with E-state index in [-0.39, 0.29) is 11.8 Å². The predicted molar refractivity (Wildman–Crippen MR) is 76.1 cm³/mol. The molecule has 1 heterocycles. The first-order chi connectivity index (χ1) is 8.50. The van der Waals surface area contributed by atoms with Gasteiger partial charge < -0.3 is 10.6 Å². The third kappa shape index (κ3) is 2.59. The molecule has 0 aliphatic carbocycles. The lowest BCUT2D eigenvalue weighted by Gasteiger charge is -2.32. The van der Waals surface area contributed by atoms with Crippen molar-refractivity contribution in [3.63, 3.8) is 0 Å². The Balaban J connectivity index is 2.17. The minimum atomic E-state index is -0.394. The van der Waals surface area contributed by atoms with Crippen LogP contribution in [0.5, 0.6) is 0 Å². The lowest BCUT2D eigenvalue weighted by molar-refractivity contribution is -0.134. The fourth-order valence-electron chi connectivity index (χ4n) is 2.22. The van der Waals surface area contributed by atoms with Crippen LogP contribution < -0.4 is 5.73 Å². The molecule has 0 saturated heterocycles. The molecule has 0 spiro atoms. The van der Waals surface area contributed by atoms with Gasteiger partial charge in [0.1, 0.15) is 0 Å². The second-order valence-electron chi connectivity index (χ2n) is 5.16. The topological polar surface area (TPSA) is 46.3 Å². The van der Waals surface area contributed by atoms with E-state index in [0.29, 0.717) is 6.54 Å². The zero-order chi connectivity index (χ0) is 13.3. The smallest absolute Gasteiger partial charge is 0.240 e. The molecular formula is C14H19BrN2O. The highest BCUT2D eigenvalue weighted by atomic mass is 79.9. The largest absolute Gasteiger partial charge is 0.337 e. The molecule has 2 rings (SSSR count). The van der Waals surface area contributed by atoms with Gasteiger partial charge in [0.05, 0.1) is 6.04 Å². The molecule has 1 aliphatic heterocycles. The van der Waals surface area contributed by atoms with Crippen molar-refractivity contribution < 1.29 is 4.79 Å². The number of carbonyl (C=O) groups excluding carboxylic acids is 1. The molecule has 18 heavy (non-hydrogen) atoms. The van der Waals surface area contributed by atoms with Gasteiger partial charge >= 0.3 is 0 Å². The van der Waals surface area contributed by atoms with Gasteiger partial charge in [-0.3, -0.25) is 4.79 Å². The third-order valence-corrected chi connectivity index (χ3v) is 4.27. The molecule has 0 radical (unpaired) electrons. The number of amides is 1. The summed E-state index contributed by atoms with van der Waals surface area (Å²) in [7, 11) is 0. The highest BCUT2D eigenvalue weighted by Gasteiger charge is 2.27. The van der Waals surface area contributed by atoms with Crippen LogP contribution in [0, 0.1) is 5.92 Å². The summed E-state index contributed by atoms with van der Waals surface area (Å²) in [6.07, 6.45) is 0.908. The Morgan fingerprint density at radius 2 is 2.17 bits per heavy atom. The van der Waals surface area contributed by atoms with Crippen molar-refractivity contribution in [1.29, 1.82) is 0 Å². The first kappa shape index (κ1) is 13.6. The van der Waals surface area contributed by atoms with Crippen molar-refractivity contribution in [2.24, 2.45) is 11.7 Å². The number of carbonyl (C=O) groups is 1. The average Bonchev–Trinajstić information content (AvgIpc) is 2.37. The maximum absolute atomic E-state index is 12.2. The normalized spacial score (nSPS) is 16.6. The molecule has 98 valence electrons. The van der Waals surface area contributed by atoms with Crippen LogP contribution in [-0.4, -0.2) is 23.4 Å². The fraction of sp³-hybridized carbons (Fsp3) is 0.500. The van der Waals surface area contributed by atoms with Gasteiger partial charge in [0.15, 0.2) is 0 Å². The summed E-state index contributed by atoms with van der Waals surface area (Å²) < 4.78 is 1.08. The van der Waals surface area contributed by atoms with Gasteiger partial charge in [-0.2, -0.15) is 0 Å². The summed E-state index contributed by atoms with van der Waals surface area (Å²) >= 11 is 3.56. The van der Waals surface area contributed by atoms with Crippen LogP contribution in [-0.2, 0) is 17.8 Å². The molecule has 1 amide bonds. The van der Waals surface area contributed by atoms with E-state index in [2.05, 4.69) is 22.0 Å². The maximum atomic E-state index is 12.2. The van der Waals surface area contributed by atoms with Gasteiger partial charge in [-0.05, 0) is 29.5 Å². The van der Waals surface area contributed by atoms with Gasteiger partial charge in [0.2, 0.25) is 5.91 Å². The monoisotopic (exact) mass is 310 g/mol. The number of nitrogens with zero attached hydrogens (tertiary/aromatic N) is 1. The molecule has 3 nitrogen and oxygen atoms in total. The van der Waals surface area contributed by atoms with Crippen molar-refractivity contribution in [3.05, 3.63) is 33.8 Å². The van der Waals surface area contributed by atoms with Crippen LogP contribution in [0.3, 0.4) is 0 Å². The molecule has 1 atom stereocenters. The minimum Gasteiger partial charge on any atom is -0.337 e. The molecule has 1 aliphatic rings. The second-order valence-corrected chi connectivity index (χ2v) is 6.01. The number of fused-ring (bicyclic) bond motifs is 1. The molecule has 0 unspecified atom stereocenters. The summed E-state index contributed by atoms with van der Waals surface area (Å²) in [6.45, 7) is 5.39. The number of rotatable bonds is 2. The van der Waals surface area contributed by atoms with Crippen molar-refractivity contribution in [2.75, 3.05) is 6.54 Å². The van der Waals surface area contributed by atoms with E-state index in [0.717, 1.165) is 17.4 Å². The van der Waals surface area contributed by atoms with Gasteiger partial charge in [-0.15, -0.1) is 0 Å². The van der Waals surface area contributed by atoms with Crippen LogP contribution in [0.2, 0.25) is 0 Å². The van der Waals surface area contributed by atoms with Crippen molar-refractivity contribution in [1.82, 2.24) is 4.90 Å². The van der Waals surface area contributed by atoms with Crippen LogP contribution in [0.1, 0.15) is 25.0 Å². The van der Waals surface area contributed by atoms with E-state index in [4.69, 9.17) is 5.73 Å². The molecular weight excluding hydrogens is 292 g/mol. The zero-order valence-electron chi connectivity index (χ0n) is 10.8. The Bertz CT molecular complexity index is 459.